The molecule has 0 atom stereocenters. The monoisotopic (exact) mass is 282 g/mol. The van der Waals surface area contributed by atoms with Crippen LogP contribution in [0, 0.1) is 0 Å². The van der Waals surface area contributed by atoms with Crippen LogP contribution in [0.15, 0.2) is 0 Å². The van der Waals surface area contributed by atoms with Crippen LogP contribution >= 0.6 is 0 Å². The summed E-state index contributed by atoms with van der Waals surface area (Å²) in [5.41, 5.74) is 0. The van der Waals surface area contributed by atoms with E-state index in [2.05, 4.69) is 13.8 Å². The zero-order valence-electron chi connectivity index (χ0n) is 13.0. The van der Waals surface area contributed by atoms with Gasteiger partial charge >= 0.3 is 0 Å². The van der Waals surface area contributed by atoms with Gasteiger partial charge in [0.1, 0.15) is 0 Å². The minimum atomic E-state index is -1.12. The maximum atomic E-state index is 7.92. The van der Waals surface area contributed by atoms with Gasteiger partial charge in [-0.05, 0) is 25.7 Å². The second kappa shape index (κ2) is 22.9. The first-order valence-electron chi connectivity index (χ1n) is 7.26. The van der Waals surface area contributed by atoms with E-state index >= 15 is 0 Å². The molecule has 0 amide bonds. The third-order valence-corrected chi connectivity index (χ3v) is 2.01. The second-order valence-corrected chi connectivity index (χ2v) is 4.10. The lowest BCUT2D eigenvalue weighted by Crippen LogP contribution is -1.99. The first-order valence-corrected chi connectivity index (χ1v) is 7.26. The van der Waals surface area contributed by atoms with E-state index in [0.29, 0.717) is 12.8 Å². The Morgan fingerprint density at radius 3 is 1.11 bits per heavy atom. The van der Waals surface area contributed by atoms with Gasteiger partial charge in [0.2, 0.25) is 0 Å². The van der Waals surface area contributed by atoms with Gasteiger partial charge in [0.05, 0.1) is 0 Å². The smallest absolute Gasteiger partial charge is 0.151 e. The van der Waals surface area contributed by atoms with E-state index in [9.17, 15) is 0 Å². The van der Waals surface area contributed by atoms with E-state index in [4.69, 9.17) is 25.2 Å². The van der Waals surface area contributed by atoms with Crippen molar-refractivity contribution in [3.05, 3.63) is 0 Å². The molecule has 0 spiro atoms. The Morgan fingerprint density at radius 1 is 0.684 bits per heavy atom. The molecule has 0 rings (SSSR count). The minimum Gasteiger partial charge on any atom is -0.381 e. The average molecular weight is 282 g/mol. The summed E-state index contributed by atoms with van der Waals surface area (Å²) >= 11 is 0. The van der Waals surface area contributed by atoms with Crippen LogP contribution in [0.3, 0.4) is 0 Å². The molecule has 0 aromatic heterocycles. The molecule has 0 bridgehead atoms. The fourth-order valence-electron chi connectivity index (χ4n) is 0.595. The molecule has 0 aromatic carbocycles. The van der Waals surface area contributed by atoms with Crippen molar-refractivity contribution in [3.63, 3.8) is 0 Å². The third-order valence-electron chi connectivity index (χ3n) is 2.01. The molecule has 5 nitrogen and oxygen atoms in total. The number of aliphatic hydroxyl groups excluding tert-OH is 2. The summed E-state index contributed by atoms with van der Waals surface area (Å²) < 4.78 is 5.31. The van der Waals surface area contributed by atoms with E-state index in [1.54, 1.807) is 13.8 Å². The van der Waals surface area contributed by atoms with Crippen LogP contribution in [-0.2, 0) is 4.74 Å². The van der Waals surface area contributed by atoms with Crippen molar-refractivity contribution in [1.29, 1.82) is 0 Å². The fraction of sp³-hybridized carbons (Fsp3) is 1.00. The van der Waals surface area contributed by atoms with Gasteiger partial charge in [0.25, 0.3) is 0 Å². The highest BCUT2D eigenvalue weighted by Crippen LogP contribution is 1.91. The highest BCUT2D eigenvalue weighted by atomic mass is 16.5. The predicted molar refractivity (Wildman–Crippen MR) is 77.7 cm³/mol. The molecule has 0 heterocycles. The lowest BCUT2D eigenvalue weighted by molar-refractivity contribution is -0.0420. The van der Waals surface area contributed by atoms with Crippen molar-refractivity contribution in [3.8, 4) is 0 Å². The molecule has 0 aliphatic carbocycles. The number of hydrogen-bond acceptors (Lipinski definition) is 5. The predicted octanol–water partition coefficient (Wildman–Crippen LogP) is 2.02. The lowest BCUT2D eigenvalue weighted by Gasteiger charge is -1.99. The summed E-state index contributed by atoms with van der Waals surface area (Å²) in [5, 5.41) is 31.7. The Balaban J connectivity index is -0.000000219. The summed E-state index contributed by atoms with van der Waals surface area (Å²) in [7, 11) is 0. The van der Waals surface area contributed by atoms with Gasteiger partial charge in [-0.25, -0.2) is 0 Å². The van der Waals surface area contributed by atoms with E-state index < -0.39 is 12.6 Å². The Labute approximate surface area is 118 Å². The molecule has 0 aliphatic rings. The van der Waals surface area contributed by atoms with Crippen LogP contribution in [0.5, 0.6) is 0 Å². The molecule has 0 saturated heterocycles. The van der Waals surface area contributed by atoms with Crippen molar-refractivity contribution in [2.75, 3.05) is 13.2 Å². The van der Waals surface area contributed by atoms with Crippen molar-refractivity contribution < 1.29 is 25.2 Å². The first-order chi connectivity index (χ1) is 8.95. The average Bonchev–Trinajstić information content (AvgIpc) is 2.40. The molecule has 4 N–H and O–H groups in total. The molecule has 0 radical (unpaired) electrons. The summed E-state index contributed by atoms with van der Waals surface area (Å²) in [6.07, 6.45) is 3.51. The SMILES string of the molecule is CCC(O)O.CCC(O)O.CCCCOCCCC. The molecule has 5 heteroatoms. The van der Waals surface area contributed by atoms with Crippen LogP contribution in [-0.4, -0.2) is 46.2 Å². The maximum Gasteiger partial charge on any atom is 0.151 e. The normalized spacial score (nSPS) is 9.79. The van der Waals surface area contributed by atoms with Crippen LogP contribution < -0.4 is 0 Å². The van der Waals surface area contributed by atoms with Crippen molar-refractivity contribution >= 4 is 0 Å². The summed E-state index contributed by atoms with van der Waals surface area (Å²) in [5.74, 6) is 0. The topological polar surface area (TPSA) is 90.2 Å². The number of hydrogen-bond donors (Lipinski definition) is 4. The highest BCUT2D eigenvalue weighted by molar-refractivity contribution is 4.33. The highest BCUT2D eigenvalue weighted by Gasteiger charge is 1.85. The molecule has 0 saturated carbocycles. The minimum absolute atomic E-state index is 0.417. The first kappa shape index (κ1) is 23.9. The van der Waals surface area contributed by atoms with Gasteiger partial charge in [-0.3, -0.25) is 0 Å². The van der Waals surface area contributed by atoms with Crippen molar-refractivity contribution in [2.24, 2.45) is 0 Å². The van der Waals surface area contributed by atoms with Gasteiger partial charge in [-0.2, -0.15) is 0 Å². The number of aliphatic hydroxyl groups is 4. The number of unbranched alkanes of at least 4 members (excludes halogenated alkanes) is 2. The van der Waals surface area contributed by atoms with Crippen LogP contribution in [0.2, 0.25) is 0 Å². The standard InChI is InChI=1S/C8H18O.2C3H8O2/c1-3-5-7-9-8-6-4-2;2*1-2-3(4)5/h3-8H2,1-2H3;2*3-5H,2H2,1H3. The molecule has 19 heavy (non-hydrogen) atoms. The Morgan fingerprint density at radius 2 is 0.947 bits per heavy atom. The molecular weight excluding hydrogens is 248 g/mol. The Kier molecular flexibility index (Phi) is 28.8. The Bertz CT molecular complexity index is 115. The number of ether oxygens (including phenoxy) is 1. The van der Waals surface area contributed by atoms with Crippen LogP contribution in [0.4, 0.5) is 0 Å². The van der Waals surface area contributed by atoms with E-state index in [-0.39, 0.29) is 0 Å². The number of rotatable bonds is 8. The largest absolute Gasteiger partial charge is 0.381 e. The van der Waals surface area contributed by atoms with Gasteiger partial charge in [-0.1, -0.05) is 40.5 Å². The summed E-state index contributed by atoms with van der Waals surface area (Å²) in [6.45, 7) is 9.68. The van der Waals surface area contributed by atoms with Gasteiger partial charge < -0.3 is 25.2 Å². The Hall–Kier alpha value is -0.200. The van der Waals surface area contributed by atoms with Crippen LogP contribution in [0.25, 0.3) is 0 Å². The molecule has 120 valence electrons. The van der Waals surface area contributed by atoms with Crippen molar-refractivity contribution in [1.82, 2.24) is 0 Å². The summed E-state index contributed by atoms with van der Waals surface area (Å²) in [6, 6.07) is 0. The van der Waals surface area contributed by atoms with Crippen LogP contribution in [0.1, 0.15) is 66.2 Å². The van der Waals surface area contributed by atoms with E-state index in [0.717, 1.165) is 13.2 Å². The zero-order chi connectivity index (χ0) is 15.5. The van der Waals surface area contributed by atoms with Crippen molar-refractivity contribution in [2.45, 2.75) is 78.8 Å². The second-order valence-electron chi connectivity index (χ2n) is 4.10. The molecule has 0 unspecified atom stereocenters. The molecule has 0 aliphatic heterocycles. The lowest BCUT2D eigenvalue weighted by atomic mass is 10.3. The van der Waals surface area contributed by atoms with E-state index in [1.165, 1.54) is 25.7 Å². The maximum absolute atomic E-state index is 7.92. The van der Waals surface area contributed by atoms with Gasteiger partial charge in [0, 0.05) is 13.2 Å². The molecular formula is C14H34O5. The zero-order valence-corrected chi connectivity index (χ0v) is 13.0. The quantitative estimate of drug-likeness (QED) is 0.404. The molecule has 0 aromatic rings. The van der Waals surface area contributed by atoms with E-state index in [1.807, 2.05) is 0 Å². The molecule has 0 fully saturated rings. The summed E-state index contributed by atoms with van der Waals surface area (Å²) in [4.78, 5) is 0. The third kappa shape index (κ3) is 46.3. The van der Waals surface area contributed by atoms with Gasteiger partial charge in [-0.15, -0.1) is 0 Å². The van der Waals surface area contributed by atoms with Gasteiger partial charge in [0.15, 0.2) is 12.6 Å². The fourth-order valence-corrected chi connectivity index (χ4v) is 0.595.